The number of likely N-dealkylation sites (N-methyl/N-ethyl adjacent to an activating group) is 1. The van der Waals surface area contributed by atoms with Crippen LogP contribution >= 0.6 is 11.6 Å². The maximum atomic E-state index is 13.1. The molecule has 0 radical (unpaired) electrons. The zero-order chi connectivity index (χ0) is 26.5. The lowest BCUT2D eigenvalue weighted by molar-refractivity contribution is -0.137. The summed E-state index contributed by atoms with van der Waals surface area (Å²) in [6.07, 6.45) is -4.30. The Morgan fingerprint density at radius 2 is 1.69 bits per heavy atom. The molecule has 2 amide bonds. The van der Waals surface area contributed by atoms with Crippen LogP contribution in [0.5, 0.6) is 0 Å². The SMILES string of the molecule is CNC(=O)[C@H](N)Cc1ccccc1C#Cc1cccc(C(=O)Nc2cc(Cl)cc(C(F)(F)F)c2)c1C. The van der Waals surface area contributed by atoms with Crippen LogP contribution in [0.3, 0.4) is 0 Å². The smallest absolute Gasteiger partial charge is 0.358 e. The number of nitrogens with two attached hydrogens (primary N) is 1. The molecule has 4 N–H and O–H groups in total. The Balaban J connectivity index is 1.87. The average Bonchev–Trinajstić information content (AvgIpc) is 2.82. The van der Waals surface area contributed by atoms with E-state index in [0.717, 1.165) is 17.7 Å². The van der Waals surface area contributed by atoms with Gasteiger partial charge in [0, 0.05) is 34.4 Å². The second kappa shape index (κ2) is 11.3. The normalized spacial score (nSPS) is 11.8. The maximum absolute atomic E-state index is 13.1. The number of benzene rings is 3. The van der Waals surface area contributed by atoms with Gasteiger partial charge in [-0.25, -0.2) is 0 Å². The first-order valence-corrected chi connectivity index (χ1v) is 11.2. The monoisotopic (exact) mass is 513 g/mol. The largest absolute Gasteiger partial charge is 0.416 e. The number of anilines is 1. The van der Waals surface area contributed by atoms with Gasteiger partial charge < -0.3 is 16.4 Å². The number of carbonyl (C=O) groups is 2. The number of alkyl halides is 3. The Morgan fingerprint density at radius 3 is 2.39 bits per heavy atom. The van der Waals surface area contributed by atoms with Crippen LogP contribution in [-0.2, 0) is 17.4 Å². The quantitative estimate of drug-likeness (QED) is 0.423. The highest BCUT2D eigenvalue weighted by Crippen LogP contribution is 2.33. The second-order valence-electron chi connectivity index (χ2n) is 7.99. The molecule has 3 rings (SSSR count). The molecule has 0 aromatic heterocycles. The van der Waals surface area contributed by atoms with E-state index < -0.39 is 23.7 Å². The molecule has 0 aliphatic carbocycles. The second-order valence-corrected chi connectivity index (χ2v) is 8.43. The fourth-order valence-electron chi connectivity index (χ4n) is 3.51. The lowest BCUT2D eigenvalue weighted by atomic mass is 9.98. The molecule has 0 saturated carbocycles. The topological polar surface area (TPSA) is 84.2 Å². The van der Waals surface area contributed by atoms with E-state index in [-0.39, 0.29) is 22.2 Å². The van der Waals surface area contributed by atoms with E-state index in [1.165, 1.54) is 13.1 Å². The lowest BCUT2D eigenvalue weighted by Crippen LogP contribution is -2.40. The molecule has 0 aliphatic rings. The van der Waals surface area contributed by atoms with Gasteiger partial charge in [0.05, 0.1) is 11.6 Å². The van der Waals surface area contributed by atoms with Gasteiger partial charge >= 0.3 is 6.18 Å². The van der Waals surface area contributed by atoms with Crippen molar-refractivity contribution < 1.29 is 22.8 Å². The van der Waals surface area contributed by atoms with Crippen molar-refractivity contribution in [2.24, 2.45) is 5.73 Å². The molecule has 0 saturated heterocycles. The third-order valence-electron chi connectivity index (χ3n) is 5.43. The van der Waals surface area contributed by atoms with E-state index in [2.05, 4.69) is 22.5 Å². The molecule has 36 heavy (non-hydrogen) atoms. The highest BCUT2D eigenvalue weighted by atomic mass is 35.5. The molecule has 0 spiro atoms. The molecule has 0 bridgehead atoms. The lowest BCUT2D eigenvalue weighted by Gasteiger charge is -2.12. The molecule has 5 nitrogen and oxygen atoms in total. The molecule has 1 atom stereocenters. The van der Waals surface area contributed by atoms with Crippen molar-refractivity contribution in [2.75, 3.05) is 12.4 Å². The summed E-state index contributed by atoms with van der Waals surface area (Å²) in [4.78, 5) is 24.7. The fraction of sp³-hybridized carbons (Fsp3) is 0.185. The molecule has 0 fully saturated rings. The number of hydrogen-bond acceptors (Lipinski definition) is 3. The van der Waals surface area contributed by atoms with Crippen LogP contribution < -0.4 is 16.4 Å². The van der Waals surface area contributed by atoms with Crippen LogP contribution in [0.25, 0.3) is 0 Å². The average molecular weight is 514 g/mol. The first-order chi connectivity index (χ1) is 17.0. The van der Waals surface area contributed by atoms with Gasteiger partial charge in [-0.3, -0.25) is 9.59 Å². The van der Waals surface area contributed by atoms with Crippen molar-refractivity contribution in [1.29, 1.82) is 0 Å². The van der Waals surface area contributed by atoms with Crippen molar-refractivity contribution in [3.8, 4) is 11.8 Å². The third kappa shape index (κ3) is 6.66. The van der Waals surface area contributed by atoms with Gasteiger partial charge in [0.1, 0.15) is 0 Å². The predicted octanol–water partition coefficient (Wildman–Crippen LogP) is 4.94. The van der Waals surface area contributed by atoms with E-state index >= 15 is 0 Å². The van der Waals surface area contributed by atoms with Gasteiger partial charge in [-0.15, -0.1) is 0 Å². The van der Waals surface area contributed by atoms with Gasteiger partial charge in [-0.05, 0) is 60.9 Å². The summed E-state index contributed by atoms with van der Waals surface area (Å²) in [6, 6.07) is 14.3. The summed E-state index contributed by atoms with van der Waals surface area (Å²) in [5, 5.41) is 4.85. The van der Waals surface area contributed by atoms with Crippen LogP contribution in [0, 0.1) is 18.8 Å². The van der Waals surface area contributed by atoms with Gasteiger partial charge in [-0.2, -0.15) is 13.2 Å². The molecule has 0 unspecified atom stereocenters. The van der Waals surface area contributed by atoms with Crippen LogP contribution in [0.2, 0.25) is 5.02 Å². The maximum Gasteiger partial charge on any atom is 0.416 e. The number of hydrogen-bond donors (Lipinski definition) is 3. The Kier molecular flexibility index (Phi) is 8.41. The van der Waals surface area contributed by atoms with Crippen molar-refractivity contribution in [3.05, 3.63) is 99.1 Å². The summed E-state index contributed by atoms with van der Waals surface area (Å²) >= 11 is 5.81. The molecule has 0 heterocycles. The summed E-state index contributed by atoms with van der Waals surface area (Å²) in [5.74, 6) is 5.23. The number of nitrogens with one attached hydrogen (secondary N) is 2. The Hall–Kier alpha value is -3.80. The Morgan fingerprint density at radius 1 is 1.03 bits per heavy atom. The van der Waals surface area contributed by atoms with Crippen LogP contribution in [0.15, 0.2) is 60.7 Å². The zero-order valence-corrected chi connectivity index (χ0v) is 20.2. The number of halogens is 4. The molecule has 9 heteroatoms. The van der Waals surface area contributed by atoms with Gasteiger partial charge in [0.2, 0.25) is 5.91 Å². The van der Waals surface area contributed by atoms with Gasteiger partial charge in [0.25, 0.3) is 5.91 Å². The highest BCUT2D eigenvalue weighted by molar-refractivity contribution is 6.31. The zero-order valence-electron chi connectivity index (χ0n) is 19.5. The van der Waals surface area contributed by atoms with Crippen LogP contribution in [0.4, 0.5) is 18.9 Å². The Bertz CT molecular complexity index is 1360. The molecule has 186 valence electrons. The van der Waals surface area contributed by atoms with Crippen molar-refractivity contribution in [1.82, 2.24) is 5.32 Å². The van der Waals surface area contributed by atoms with Crippen LogP contribution in [-0.4, -0.2) is 24.9 Å². The van der Waals surface area contributed by atoms with E-state index in [4.69, 9.17) is 17.3 Å². The number of amides is 2. The summed E-state index contributed by atoms with van der Waals surface area (Å²) in [6.45, 7) is 1.70. The summed E-state index contributed by atoms with van der Waals surface area (Å²) < 4.78 is 39.3. The van der Waals surface area contributed by atoms with Crippen molar-refractivity contribution >= 4 is 29.1 Å². The molecule has 3 aromatic rings. The van der Waals surface area contributed by atoms with E-state index in [0.29, 0.717) is 23.1 Å². The fourth-order valence-corrected chi connectivity index (χ4v) is 3.75. The minimum absolute atomic E-state index is 0.0721. The van der Waals surface area contributed by atoms with Crippen LogP contribution in [0.1, 0.15) is 38.2 Å². The van der Waals surface area contributed by atoms with Crippen molar-refractivity contribution in [2.45, 2.75) is 25.6 Å². The van der Waals surface area contributed by atoms with E-state index in [9.17, 15) is 22.8 Å². The van der Waals surface area contributed by atoms with E-state index in [1.54, 1.807) is 25.1 Å². The van der Waals surface area contributed by atoms with Crippen molar-refractivity contribution in [3.63, 3.8) is 0 Å². The summed E-state index contributed by atoms with van der Waals surface area (Å²) in [5.41, 5.74) is 7.77. The first kappa shape index (κ1) is 26.8. The molecule has 3 aromatic carbocycles. The van der Waals surface area contributed by atoms with Gasteiger partial charge in [-0.1, -0.05) is 47.7 Å². The predicted molar refractivity (Wildman–Crippen MR) is 134 cm³/mol. The standard InChI is InChI=1S/C27H23ClF3N3O2/c1-16-17(10-11-18-6-3-4-7-19(18)12-24(32)26(36)33-2)8-5-9-23(16)25(35)34-22-14-20(27(29,30)31)13-21(28)15-22/h3-9,13-15,24H,12,32H2,1-2H3,(H,33,36)(H,34,35)/t24-/m1/s1. The minimum Gasteiger partial charge on any atom is -0.358 e. The third-order valence-corrected chi connectivity index (χ3v) is 5.65. The summed E-state index contributed by atoms with van der Waals surface area (Å²) in [7, 11) is 1.52. The molecular weight excluding hydrogens is 491 g/mol. The molecular formula is C27H23ClF3N3O2. The Labute approximate surface area is 211 Å². The highest BCUT2D eigenvalue weighted by Gasteiger charge is 2.31. The minimum atomic E-state index is -4.60. The number of carbonyl (C=O) groups excluding carboxylic acids is 2. The molecule has 0 aliphatic heterocycles. The van der Waals surface area contributed by atoms with E-state index in [1.807, 2.05) is 24.3 Å². The first-order valence-electron chi connectivity index (χ1n) is 10.9. The van der Waals surface area contributed by atoms with Gasteiger partial charge in [0.15, 0.2) is 0 Å². The number of rotatable bonds is 5.